The van der Waals surface area contributed by atoms with Gasteiger partial charge in [0.2, 0.25) is 0 Å². The zero-order valence-corrected chi connectivity index (χ0v) is 18.0. The first-order chi connectivity index (χ1) is 14.5. The lowest BCUT2D eigenvalue weighted by Gasteiger charge is -2.42. The lowest BCUT2D eigenvalue weighted by molar-refractivity contribution is -0.0683. The molecule has 2 aromatic carbocycles. The number of aromatic amines is 1. The van der Waals surface area contributed by atoms with Gasteiger partial charge in [-0.2, -0.15) is 13.2 Å². The molecule has 1 aliphatic rings. The van der Waals surface area contributed by atoms with Crippen LogP contribution in [-0.2, 0) is 10.8 Å². The van der Waals surface area contributed by atoms with Crippen molar-refractivity contribution >= 4 is 11.6 Å². The van der Waals surface area contributed by atoms with Crippen molar-refractivity contribution in [2.75, 3.05) is 0 Å². The van der Waals surface area contributed by atoms with Crippen molar-refractivity contribution in [1.82, 2.24) is 20.6 Å². The van der Waals surface area contributed by atoms with Crippen LogP contribution < -0.4 is 0 Å². The van der Waals surface area contributed by atoms with Crippen LogP contribution in [0.2, 0.25) is 0 Å². The van der Waals surface area contributed by atoms with E-state index in [0.717, 1.165) is 18.4 Å². The average molecular weight is 426 g/mol. The van der Waals surface area contributed by atoms with Gasteiger partial charge in [0.05, 0.1) is 5.57 Å². The van der Waals surface area contributed by atoms with Gasteiger partial charge in [-0.25, -0.2) is 5.10 Å². The number of allylic oxidation sites excluding steroid dienone is 1. The Bertz CT molecular complexity index is 1110. The van der Waals surface area contributed by atoms with Crippen molar-refractivity contribution in [1.29, 1.82) is 0 Å². The van der Waals surface area contributed by atoms with Crippen molar-refractivity contribution in [3.63, 3.8) is 0 Å². The van der Waals surface area contributed by atoms with Gasteiger partial charge < -0.3 is 0 Å². The van der Waals surface area contributed by atoms with Gasteiger partial charge in [0.25, 0.3) is 0 Å². The van der Waals surface area contributed by atoms with E-state index in [9.17, 15) is 13.2 Å². The van der Waals surface area contributed by atoms with Crippen LogP contribution in [-0.4, -0.2) is 26.8 Å². The topological polar surface area (TPSA) is 54.5 Å². The Morgan fingerprint density at radius 1 is 0.935 bits per heavy atom. The molecule has 0 aliphatic heterocycles. The second-order valence-electron chi connectivity index (χ2n) is 9.46. The highest BCUT2D eigenvalue weighted by molar-refractivity contribution is 5.85. The molecule has 4 rings (SSSR count). The summed E-state index contributed by atoms with van der Waals surface area (Å²) in [5, 5.41) is 13.4. The Morgan fingerprint density at radius 3 is 2.16 bits per heavy atom. The van der Waals surface area contributed by atoms with Crippen LogP contribution in [0.5, 0.6) is 0 Å². The number of nitrogens with zero attached hydrogens (tertiary/aromatic N) is 3. The standard InChI is InChI=1S/C24H25F3N4/c1-22(2)11-12-23(3,4)20-14-15(5-10-18(20)22)13-19(24(25,26)27)16-6-8-17(9-7-16)21-28-30-31-29-21/h5-10,13-14H,11-12H2,1-4H3,(H,28,29,30,31). The maximum atomic E-state index is 14.0. The molecule has 0 radical (unpaired) electrons. The van der Waals surface area contributed by atoms with Crippen LogP contribution in [0.3, 0.4) is 0 Å². The number of alkyl halides is 3. The Kier molecular flexibility index (Phi) is 5.03. The van der Waals surface area contributed by atoms with Crippen molar-refractivity contribution < 1.29 is 13.2 Å². The fraction of sp³-hybridized carbons (Fsp3) is 0.375. The Labute approximate surface area is 179 Å². The van der Waals surface area contributed by atoms with E-state index in [1.165, 1.54) is 23.8 Å². The molecule has 1 N–H and O–H groups in total. The maximum absolute atomic E-state index is 14.0. The molecule has 1 heterocycles. The molecule has 1 aromatic heterocycles. The Morgan fingerprint density at radius 2 is 1.58 bits per heavy atom. The minimum Gasteiger partial charge on any atom is -0.239 e. The summed E-state index contributed by atoms with van der Waals surface area (Å²) in [6, 6.07) is 11.8. The van der Waals surface area contributed by atoms with E-state index in [4.69, 9.17) is 0 Å². The van der Waals surface area contributed by atoms with E-state index in [-0.39, 0.29) is 16.4 Å². The molecule has 4 nitrogen and oxygen atoms in total. The van der Waals surface area contributed by atoms with Crippen LogP contribution in [0.15, 0.2) is 42.5 Å². The van der Waals surface area contributed by atoms with E-state index >= 15 is 0 Å². The number of H-pyrrole nitrogens is 1. The molecule has 0 saturated heterocycles. The molecule has 0 fully saturated rings. The Hall–Kier alpha value is -2.96. The van der Waals surface area contributed by atoms with Crippen molar-refractivity contribution in [2.45, 2.75) is 57.5 Å². The normalized spacial score (nSPS) is 18.0. The highest BCUT2D eigenvalue weighted by Gasteiger charge is 2.38. The van der Waals surface area contributed by atoms with Crippen LogP contribution >= 0.6 is 0 Å². The SMILES string of the molecule is CC1(C)CCC(C)(C)c2cc(C=C(c3ccc(-c4nnn[nH]4)cc3)C(F)(F)F)ccc21. The molecule has 0 spiro atoms. The number of nitrogens with one attached hydrogen (secondary N) is 1. The molecule has 7 heteroatoms. The molecule has 0 amide bonds. The second kappa shape index (κ2) is 7.32. The monoisotopic (exact) mass is 426 g/mol. The molecule has 0 bridgehead atoms. The fourth-order valence-corrected chi connectivity index (χ4v) is 4.28. The predicted molar refractivity (Wildman–Crippen MR) is 115 cm³/mol. The van der Waals surface area contributed by atoms with Crippen LogP contribution in [0.25, 0.3) is 23.0 Å². The summed E-state index contributed by atoms with van der Waals surface area (Å²) in [4.78, 5) is 0. The van der Waals surface area contributed by atoms with Gasteiger partial charge >= 0.3 is 6.18 Å². The van der Waals surface area contributed by atoms with Crippen LogP contribution in [0.1, 0.15) is 62.8 Å². The quantitative estimate of drug-likeness (QED) is 0.499. The number of hydrogen-bond donors (Lipinski definition) is 1. The van der Waals surface area contributed by atoms with Gasteiger partial charge in [0.1, 0.15) is 0 Å². The number of rotatable bonds is 3. The summed E-state index contributed by atoms with van der Waals surface area (Å²) in [5.41, 5.74) is 2.90. The van der Waals surface area contributed by atoms with Gasteiger partial charge in [-0.15, -0.1) is 5.10 Å². The summed E-state index contributed by atoms with van der Waals surface area (Å²) < 4.78 is 41.9. The van der Waals surface area contributed by atoms with E-state index in [0.29, 0.717) is 17.0 Å². The zero-order chi connectivity index (χ0) is 22.4. The third-order valence-corrected chi connectivity index (χ3v) is 6.31. The molecular weight excluding hydrogens is 401 g/mol. The highest BCUT2D eigenvalue weighted by Crippen LogP contribution is 2.46. The fourth-order valence-electron chi connectivity index (χ4n) is 4.28. The average Bonchev–Trinajstić information content (AvgIpc) is 3.24. The molecular formula is C24H25F3N4. The predicted octanol–water partition coefficient (Wildman–Crippen LogP) is 6.32. The third kappa shape index (κ3) is 4.13. The van der Waals surface area contributed by atoms with Crippen LogP contribution in [0.4, 0.5) is 13.2 Å². The van der Waals surface area contributed by atoms with Crippen molar-refractivity contribution in [2.24, 2.45) is 0 Å². The minimum atomic E-state index is -4.49. The smallest absolute Gasteiger partial charge is 0.239 e. The summed E-state index contributed by atoms with van der Waals surface area (Å²) in [5.74, 6) is 0.406. The maximum Gasteiger partial charge on any atom is 0.417 e. The highest BCUT2D eigenvalue weighted by atomic mass is 19.4. The minimum absolute atomic E-state index is 0.0192. The third-order valence-electron chi connectivity index (χ3n) is 6.31. The summed E-state index contributed by atoms with van der Waals surface area (Å²) in [6.45, 7) is 8.72. The number of benzene rings is 2. The van der Waals surface area contributed by atoms with Gasteiger partial charge in [0, 0.05) is 5.56 Å². The number of halogens is 3. The van der Waals surface area contributed by atoms with E-state index < -0.39 is 11.7 Å². The molecule has 3 aromatic rings. The van der Waals surface area contributed by atoms with Gasteiger partial charge in [-0.1, -0.05) is 70.2 Å². The molecule has 0 atom stereocenters. The number of hydrogen-bond acceptors (Lipinski definition) is 3. The van der Waals surface area contributed by atoms with Crippen LogP contribution in [0, 0.1) is 0 Å². The zero-order valence-electron chi connectivity index (χ0n) is 18.0. The number of tetrazole rings is 1. The molecule has 0 unspecified atom stereocenters. The number of fused-ring (bicyclic) bond motifs is 1. The first-order valence-corrected chi connectivity index (χ1v) is 10.3. The van der Waals surface area contributed by atoms with E-state index in [1.807, 2.05) is 12.1 Å². The van der Waals surface area contributed by atoms with Gasteiger partial charge in [0.15, 0.2) is 5.82 Å². The Balaban J connectivity index is 1.77. The van der Waals surface area contributed by atoms with Gasteiger partial charge in [-0.05, 0) is 62.4 Å². The molecule has 0 saturated carbocycles. The molecule has 31 heavy (non-hydrogen) atoms. The molecule has 162 valence electrons. The lowest BCUT2D eigenvalue weighted by Crippen LogP contribution is -2.33. The first-order valence-electron chi connectivity index (χ1n) is 10.3. The summed E-state index contributed by atoms with van der Waals surface area (Å²) in [6.07, 6.45) is -1.18. The summed E-state index contributed by atoms with van der Waals surface area (Å²) >= 11 is 0. The largest absolute Gasteiger partial charge is 0.417 e. The van der Waals surface area contributed by atoms with Crippen molar-refractivity contribution in [3.05, 3.63) is 64.7 Å². The van der Waals surface area contributed by atoms with Crippen molar-refractivity contribution in [3.8, 4) is 11.4 Å². The first kappa shape index (κ1) is 21.3. The summed E-state index contributed by atoms with van der Waals surface area (Å²) in [7, 11) is 0. The second-order valence-corrected chi connectivity index (χ2v) is 9.46. The lowest BCUT2D eigenvalue weighted by atomic mass is 9.63. The van der Waals surface area contributed by atoms with E-state index in [2.05, 4.69) is 48.3 Å². The van der Waals surface area contributed by atoms with E-state index in [1.54, 1.807) is 18.2 Å². The van der Waals surface area contributed by atoms with Gasteiger partial charge in [-0.3, -0.25) is 0 Å². The molecule has 1 aliphatic carbocycles. The number of aromatic nitrogens is 4.